The van der Waals surface area contributed by atoms with Crippen LogP contribution in [0.5, 0.6) is 0 Å². The zero-order chi connectivity index (χ0) is 12.2. The molecular weight excluding hydrogens is 178 g/mol. The molecule has 0 aromatic heterocycles. The van der Waals surface area contributed by atoms with E-state index in [0.29, 0.717) is 0 Å². The SMILES string of the molecule is CC.CC.CCO.CN1CC(C)(O)C1. The fourth-order valence-electron chi connectivity index (χ4n) is 1.12. The third-order valence-corrected chi connectivity index (χ3v) is 1.22. The second-order valence-corrected chi connectivity index (χ2v) is 2.99. The Morgan fingerprint density at radius 3 is 1.36 bits per heavy atom. The lowest BCUT2D eigenvalue weighted by Gasteiger charge is -2.41. The molecule has 0 atom stereocenters. The van der Waals surface area contributed by atoms with E-state index in [9.17, 15) is 0 Å². The molecule has 0 aliphatic carbocycles. The minimum Gasteiger partial charge on any atom is -0.397 e. The van der Waals surface area contributed by atoms with E-state index in [-0.39, 0.29) is 12.2 Å². The molecule has 3 nitrogen and oxygen atoms in total. The topological polar surface area (TPSA) is 43.7 Å². The van der Waals surface area contributed by atoms with Crippen LogP contribution in [-0.4, -0.2) is 47.5 Å². The Kier molecular flexibility index (Phi) is 17.9. The molecule has 0 bridgehead atoms. The van der Waals surface area contributed by atoms with Crippen molar-refractivity contribution in [3.05, 3.63) is 0 Å². The van der Waals surface area contributed by atoms with Crippen LogP contribution < -0.4 is 0 Å². The maximum absolute atomic E-state index is 9.04. The number of likely N-dealkylation sites (N-methyl/N-ethyl adjacent to an activating group) is 1. The van der Waals surface area contributed by atoms with Crippen molar-refractivity contribution < 1.29 is 10.2 Å². The molecule has 0 amide bonds. The van der Waals surface area contributed by atoms with Crippen molar-refractivity contribution >= 4 is 0 Å². The molecule has 0 unspecified atom stereocenters. The Balaban J connectivity index is -0.000000148. The Bertz CT molecular complexity index is 87.3. The number of nitrogens with zero attached hydrogens (tertiary/aromatic N) is 1. The smallest absolute Gasteiger partial charge is 0.0872 e. The zero-order valence-electron chi connectivity index (χ0n) is 11.0. The molecule has 1 aliphatic rings. The van der Waals surface area contributed by atoms with E-state index in [2.05, 4.69) is 4.90 Å². The van der Waals surface area contributed by atoms with Crippen LogP contribution in [0.2, 0.25) is 0 Å². The van der Waals surface area contributed by atoms with Crippen LogP contribution in [0, 0.1) is 0 Å². The van der Waals surface area contributed by atoms with Crippen LogP contribution in [0.25, 0.3) is 0 Å². The van der Waals surface area contributed by atoms with Crippen molar-refractivity contribution in [2.45, 2.75) is 47.1 Å². The summed E-state index contributed by atoms with van der Waals surface area (Å²) >= 11 is 0. The van der Waals surface area contributed by atoms with Crippen molar-refractivity contribution in [1.29, 1.82) is 0 Å². The Hall–Kier alpha value is -0.120. The first-order valence-electron chi connectivity index (χ1n) is 5.53. The standard InChI is InChI=1S/C5H11NO.C2H6O.2C2H6/c1-5(7)3-6(2)4-5;1-2-3;2*1-2/h7H,3-4H2,1-2H3;3H,2H2,1H3;2*1-2H3. The van der Waals surface area contributed by atoms with Gasteiger partial charge >= 0.3 is 0 Å². The second-order valence-electron chi connectivity index (χ2n) is 2.99. The van der Waals surface area contributed by atoms with Gasteiger partial charge in [-0.2, -0.15) is 0 Å². The van der Waals surface area contributed by atoms with Gasteiger partial charge in [0.1, 0.15) is 0 Å². The number of rotatable bonds is 0. The number of β-amino-alcohol motifs (C(OH)–C–C–N with tert-alkyl or cyclic N) is 1. The molecule has 1 saturated heterocycles. The third-order valence-electron chi connectivity index (χ3n) is 1.22. The van der Waals surface area contributed by atoms with Crippen molar-refractivity contribution in [1.82, 2.24) is 4.90 Å². The van der Waals surface area contributed by atoms with Gasteiger partial charge in [0.2, 0.25) is 0 Å². The van der Waals surface area contributed by atoms with Crippen molar-refractivity contribution in [2.75, 3.05) is 26.7 Å². The van der Waals surface area contributed by atoms with Gasteiger partial charge in [-0.25, -0.2) is 0 Å². The molecule has 2 N–H and O–H groups in total. The molecule has 0 spiro atoms. The molecule has 3 heteroatoms. The molecule has 1 aliphatic heterocycles. The number of aliphatic hydroxyl groups is 2. The van der Waals surface area contributed by atoms with Crippen molar-refractivity contribution in [3.63, 3.8) is 0 Å². The van der Waals surface area contributed by atoms with Gasteiger partial charge in [-0.1, -0.05) is 27.7 Å². The maximum Gasteiger partial charge on any atom is 0.0872 e. The Morgan fingerprint density at radius 1 is 1.14 bits per heavy atom. The van der Waals surface area contributed by atoms with Gasteiger partial charge in [0.25, 0.3) is 0 Å². The average molecular weight is 207 g/mol. The number of hydrogen-bond acceptors (Lipinski definition) is 3. The fraction of sp³-hybridized carbons (Fsp3) is 1.00. The molecule has 0 aromatic carbocycles. The van der Waals surface area contributed by atoms with E-state index in [1.807, 2.05) is 41.7 Å². The molecule has 14 heavy (non-hydrogen) atoms. The summed E-state index contributed by atoms with van der Waals surface area (Å²) in [5.41, 5.74) is -0.380. The van der Waals surface area contributed by atoms with Gasteiger partial charge in [0, 0.05) is 19.7 Å². The highest BCUT2D eigenvalue weighted by molar-refractivity contribution is 4.88. The molecule has 90 valence electrons. The van der Waals surface area contributed by atoms with E-state index >= 15 is 0 Å². The largest absolute Gasteiger partial charge is 0.397 e. The first-order valence-corrected chi connectivity index (χ1v) is 5.53. The molecule has 0 saturated carbocycles. The van der Waals surface area contributed by atoms with E-state index < -0.39 is 0 Å². The number of likely N-dealkylation sites (tertiary alicyclic amines) is 1. The zero-order valence-corrected chi connectivity index (χ0v) is 11.0. The summed E-state index contributed by atoms with van der Waals surface area (Å²) in [5, 5.41) is 16.6. The summed E-state index contributed by atoms with van der Waals surface area (Å²) in [5.74, 6) is 0. The first-order chi connectivity index (χ1) is 6.52. The highest BCUT2D eigenvalue weighted by atomic mass is 16.3. The molecular formula is C11H29NO2. The lowest BCUT2D eigenvalue weighted by atomic mass is 9.98. The molecule has 1 fully saturated rings. The van der Waals surface area contributed by atoms with Gasteiger partial charge in [-0.15, -0.1) is 0 Å². The van der Waals surface area contributed by atoms with Crippen LogP contribution in [0.15, 0.2) is 0 Å². The molecule has 0 radical (unpaired) electrons. The van der Waals surface area contributed by atoms with Gasteiger partial charge in [-0.05, 0) is 20.9 Å². The van der Waals surface area contributed by atoms with E-state index in [1.165, 1.54) is 0 Å². The third kappa shape index (κ3) is 14.4. The summed E-state index contributed by atoms with van der Waals surface area (Å²) in [6, 6.07) is 0. The predicted octanol–water partition coefficient (Wildman–Crippen LogP) is 1.73. The van der Waals surface area contributed by atoms with Crippen molar-refractivity contribution in [2.24, 2.45) is 0 Å². The lowest BCUT2D eigenvalue weighted by molar-refractivity contribution is -0.0705. The molecule has 1 heterocycles. The number of hydrogen-bond donors (Lipinski definition) is 2. The van der Waals surface area contributed by atoms with Crippen molar-refractivity contribution in [3.8, 4) is 0 Å². The molecule has 1 rings (SSSR count). The average Bonchev–Trinajstić information content (AvgIpc) is 2.10. The quantitative estimate of drug-likeness (QED) is 0.636. The highest BCUT2D eigenvalue weighted by Gasteiger charge is 2.33. The summed E-state index contributed by atoms with van der Waals surface area (Å²) < 4.78 is 0. The van der Waals surface area contributed by atoms with Crippen LogP contribution in [-0.2, 0) is 0 Å². The maximum atomic E-state index is 9.04. The summed E-state index contributed by atoms with van der Waals surface area (Å²) in [6.07, 6.45) is 0. The van der Waals surface area contributed by atoms with E-state index in [4.69, 9.17) is 10.2 Å². The molecule has 0 aromatic rings. The van der Waals surface area contributed by atoms with Gasteiger partial charge in [0.15, 0.2) is 0 Å². The Morgan fingerprint density at radius 2 is 1.36 bits per heavy atom. The van der Waals surface area contributed by atoms with Gasteiger partial charge in [0.05, 0.1) is 5.60 Å². The van der Waals surface area contributed by atoms with Crippen LogP contribution in [0.1, 0.15) is 41.5 Å². The minimum atomic E-state index is -0.380. The fourth-order valence-corrected chi connectivity index (χ4v) is 1.12. The monoisotopic (exact) mass is 207 g/mol. The van der Waals surface area contributed by atoms with Crippen LogP contribution in [0.3, 0.4) is 0 Å². The van der Waals surface area contributed by atoms with E-state index in [1.54, 1.807) is 6.92 Å². The summed E-state index contributed by atoms with van der Waals surface area (Å²) in [6.45, 7) is 13.4. The minimum absolute atomic E-state index is 0.250. The van der Waals surface area contributed by atoms with Gasteiger partial charge in [-0.3, -0.25) is 0 Å². The highest BCUT2D eigenvalue weighted by Crippen LogP contribution is 2.16. The second kappa shape index (κ2) is 12.9. The van der Waals surface area contributed by atoms with Crippen LogP contribution >= 0.6 is 0 Å². The number of aliphatic hydroxyl groups excluding tert-OH is 1. The summed E-state index contributed by atoms with van der Waals surface area (Å²) in [4.78, 5) is 2.08. The first kappa shape index (κ1) is 19.5. The normalized spacial score (nSPS) is 16.9. The van der Waals surface area contributed by atoms with Crippen LogP contribution in [0.4, 0.5) is 0 Å². The van der Waals surface area contributed by atoms with E-state index in [0.717, 1.165) is 13.1 Å². The summed E-state index contributed by atoms with van der Waals surface area (Å²) in [7, 11) is 2.00. The predicted molar refractivity (Wildman–Crippen MR) is 63.6 cm³/mol. The Labute approximate surface area is 89.7 Å². The lowest BCUT2D eigenvalue weighted by Crippen LogP contribution is -2.57. The van der Waals surface area contributed by atoms with Gasteiger partial charge < -0.3 is 15.1 Å².